The van der Waals surface area contributed by atoms with Crippen molar-refractivity contribution in [2.75, 3.05) is 0 Å². The molecule has 19 heavy (non-hydrogen) atoms. The zero-order chi connectivity index (χ0) is 14.0. The molecule has 3 nitrogen and oxygen atoms in total. The van der Waals surface area contributed by atoms with Crippen LogP contribution in [0, 0.1) is 19.7 Å². The minimum absolute atomic E-state index is 0.232. The third kappa shape index (κ3) is 3.52. The second-order valence-electron chi connectivity index (χ2n) is 4.51. The molecule has 0 amide bonds. The van der Waals surface area contributed by atoms with E-state index in [-0.39, 0.29) is 11.9 Å². The molecule has 100 valence electrons. The summed E-state index contributed by atoms with van der Waals surface area (Å²) in [5.74, 6) is -0.280. The summed E-state index contributed by atoms with van der Waals surface area (Å²) in [4.78, 5) is 9.63. The summed E-state index contributed by atoms with van der Waals surface area (Å²) >= 11 is 1.41. The zero-order valence-electron chi connectivity index (χ0n) is 11.1. The van der Waals surface area contributed by atoms with Crippen molar-refractivity contribution in [1.29, 1.82) is 0 Å². The predicted molar refractivity (Wildman–Crippen MR) is 74.6 cm³/mol. The molecular formula is C14H16FN3S. The van der Waals surface area contributed by atoms with E-state index in [0.717, 1.165) is 21.8 Å². The maximum Gasteiger partial charge on any atom is 0.192 e. The average Bonchev–Trinajstić information content (AvgIpc) is 2.30. The fourth-order valence-corrected chi connectivity index (χ4v) is 2.88. The van der Waals surface area contributed by atoms with Gasteiger partial charge in [-0.1, -0.05) is 0 Å². The monoisotopic (exact) mass is 277 g/mol. The second kappa shape index (κ2) is 5.67. The fraction of sp³-hybridized carbons (Fsp3) is 0.286. The van der Waals surface area contributed by atoms with Gasteiger partial charge in [0.05, 0.1) is 0 Å². The Morgan fingerprint density at radius 1 is 1.16 bits per heavy atom. The molecule has 0 radical (unpaired) electrons. The Hall–Kier alpha value is -1.46. The predicted octanol–water partition coefficient (Wildman–Crippen LogP) is 3.40. The lowest BCUT2D eigenvalue weighted by molar-refractivity contribution is 0.619. The SMILES string of the molecule is Cc1cc(C)nc(Sc2ccc(F)cc2[C@H](C)N)n1. The summed E-state index contributed by atoms with van der Waals surface area (Å²) in [7, 11) is 0. The van der Waals surface area contributed by atoms with E-state index in [1.54, 1.807) is 6.07 Å². The number of aromatic nitrogens is 2. The quantitative estimate of drug-likeness (QED) is 0.874. The van der Waals surface area contributed by atoms with Crippen molar-refractivity contribution in [2.45, 2.75) is 36.9 Å². The molecule has 1 heterocycles. The van der Waals surface area contributed by atoms with Gasteiger partial charge in [0, 0.05) is 22.3 Å². The van der Waals surface area contributed by atoms with Crippen LogP contribution in [0.2, 0.25) is 0 Å². The van der Waals surface area contributed by atoms with Gasteiger partial charge in [-0.15, -0.1) is 0 Å². The van der Waals surface area contributed by atoms with Crippen LogP contribution in [0.15, 0.2) is 34.3 Å². The normalized spacial score (nSPS) is 12.5. The Kier molecular flexibility index (Phi) is 4.17. The van der Waals surface area contributed by atoms with E-state index < -0.39 is 0 Å². The van der Waals surface area contributed by atoms with Gasteiger partial charge < -0.3 is 5.73 Å². The highest BCUT2D eigenvalue weighted by Crippen LogP contribution is 2.31. The second-order valence-corrected chi connectivity index (χ2v) is 5.52. The van der Waals surface area contributed by atoms with Crippen molar-refractivity contribution >= 4 is 11.8 Å². The average molecular weight is 277 g/mol. The number of halogens is 1. The first-order valence-corrected chi connectivity index (χ1v) is 6.82. The van der Waals surface area contributed by atoms with E-state index in [1.807, 2.05) is 26.8 Å². The molecule has 0 aliphatic carbocycles. The van der Waals surface area contributed by atoms with E-state index in [4.69, 9.17) is 5.73 Å². The third-order valence-corrected chi connectivity index (χ3v) is 3.58. The fourth-order valence-electron chi connectivity index (χ4n) is 1.81. The molecule has 0 unspecified atom stereocenters. The van der Waals surface area contributed by atoms with Crippen LogP contribution in [0.4, 0.5) is 4.39 Å². The molecule has 0 saturated carbocycles. The van der Waals surface area contributed by atoms with Crippen LogP contribution in [0.1, 0.15) is 29.9 Å². The van der Waals surface area contributed by atoms with E-state index in [1.165, 1.54) is 23.9 Å². The third-order valence-electron chi connectivity index (χ3n) is 2.63. The van der Waals surface area contributed by atoms with Crippen LogP contribution < -0.4 is 5.73 Å². The van der Waals surface area contributed by atoms with Gasteiger partial charge in [-0.3, -0.25) is 0 Å². The highest BCUT2D eigenvalue weighted by molar-refractivity contribution is 7.99. The Morgan fingerprint density at radius 3 is 2.37 bits per heavy atom. The largest absolute Gasteiger partial charge is 0.324 e. The van der Waals surface area contributed by atoms with Crippen LogP contribution in [0.25, 0.3) is 0 Å². The first-order valence-electron chi connectivity index (χ1n) is 6.01. The van der Waals surface area contributed by atoms with Gasteiger partial charge in [0.1, 0.15) is 5.82 Å². The number of aryl methyl sites for hydroxylation is 2. The Balaban J connectivity index is 2.37. The molecule has 1 aromatic carbocycles. The van der Waals surface area contributed by atoms with Crippen molar-refractivity contribution in [1.82, 2.24) is 9.97 Å². The summed E-state index contributed by atoms with van der Waals surface area (Å²) in [5, 5.41) is 0.658. The molecular weight excluding hydrogens is 261 g/mol. The van der Waals surface area contributed by atoms with Crippen molar-refractivity contribution in [3.8, 4) is 0 Å². The van der Waals surface area contributed by atoms with Gasteiger partial charge >= 0.3 is 0 Å². The van der Waals surface area contributed by atoms with Crippen LogP contribution in [0.5, 0.6) is 0 Å². The molecule has 0 aliphatic heterocycles. The zero-order valence-corrected chi connectivity index (χ0v) is 12.0. The first kappa shape index (κ1) is 14.0. The van der Waals surface area contributed by atoms with Gasteiger partial charge in [0.25, 0.3) is 0 Å². The number of nitrogens with zero attached hydrogens (tertiary/aromatic N) is 2. The molecule has 0 bridgehead atoms. The van der Waals surface area contributed by atoms with Crippen molar-refractivity contribution in [3.63, 3.8) is 0 Å². The van der Waals surface area contributed by atoms with Crippen molar-refractivity contribution in [2.24, 2.45) is 5.73 Å². The van der Waals surface area contributed by atoms with Crippen LogP contribution >= 0.6 is 11.8 Å². The van der Waals surface area contributed by atoms with Gasteiger partial charge in [0.2, 0.25) is 0 Å². The van der Waals surface area contributed by atoms with E-state index in [9.17, 15) is 4.39 Å². The molecule has 2 rings (SSSR count). The molecule has 0 fully saturated rings. The van der Waals surface area contributed by atoms with E-state index in [0.29, 0.717) is 5.16 Å². The highest BCUT2D eigenvalue weighted by Gasteiger charge is 2.11. The van der Waals surface area contributed by atoms with Crippen LogP contribution in [-0.4, -0.2) is 9.97 Å². The molecule has 5 heteroatoms. The number of nitrogens with two attached hydrogens (primary N) is 1. The molecule has 2 aromatic rings. The number of hydrogen-bond acceptors (Lipinski definition) is 4. The summed E-state index contributed by atoms with van der Waals surface area (Å²) in [6.45, 7) is 5.69. The lowest BCUT2D eigenvalue weighted by Crippen LogP contribution is -2.07. The lowest BCUT2D eigenvalue weighted by atomic mass is 10.1. The summed E-state index contributed by atoms with van der Waals surface area (Å²) in [5.41, 5.74) is 8.48. The summed E-state index contributed by atoms with van der Waals surface area (Å²) < 4.78 is 13.3. The lowest BCUT2D eigenvalue weighted by Gasteiger charge is -2.12. The van der Waals surface area contributed by atoms with Gasteiger partial charge in [-0.05, 0) is 62.4 Å². The number of benzene rings is 1. The van der Waals surface area contributed by atoms with Crippen molar-refractivity contribution in [3.05, 3.63) is 47.0 Å². The van der Waals surface area contributed by atoms with Gasteiger partial charge in [-0.25, -0.2) is 14.4 Å². The molecule has 0 spiro atoms. The smallest absolute Gasteiger partial charge is 0.192 e. The standard InChI is InChI=1S/C14H16FN3S/c1-8-6-9(2)18-14(17-8)19-13-5-4-11(15)7-12(13)10(3)16/h4-7,10H,16H2,1-3H3/t10-/m0/s1. The minimum atomic E-state index is -0.280. The molecule has 0 aliphatic rings. The van der Waals surface area contributed by atoms with Crippen molar-refractivity contribution < 1.29 is 4.39 Å². The maximum atomic E-state index is 13.3. The maximum absolute atomic E-state index is 13.3. The number of hydrogen-bond donors (Lipinski definition) is 1. The van der Waals surface area contributed by atoms with E-state index >= 15 is 0 Å². The van der Waals surface area contributed by atoms with Gasteiger partial charge in [0.15, 0.2) is 5.16 Å². The Labute approximate surface area is 116 Å². The summed E-state index contributed by atoms with van der Waals surface area (Å²) in [6, 6.07) is 6.30. The number of rotatable bonds is 3. The highest BCUT2D eigenvalue weighted by atomic mass is 32.2. The molecule has 2 N–H and O–H groups in total. The Morgan fingerprint density at radius 2 is 1.79 bits per heavy atom. The molecule has 1 atom stereocenters. The first-order chi connectivity index (χ1) is 8.95. The molecule has 0 saturated heterocycles. The topological polar surface area (TPSA) is 51.8 Å². The van der Waals surface area contributed by atoms with Gasteiger partial charge in [-0.2, -0.15) is 0 Å². The van der Waals surface area contributed by atoms with Crippen LogP contribution in [-0.2, 0) is 0 Å². The van der Waals surface area contributed by atoms with E-state index in [2.05, 4.69) is 9.97 Å². The Bertz CT molecular complexity index is 579. The minimum Gasteiger partial charge on any atom is -0.324 e. The summed E-state index contributed by atoms with van der Waals surface area (Å²) in [6.07, 6.45) is 0. The van der Waals surface area contributed by atoms with Crippen LogP contribution in [0.3, 0.4) is 0 Å². The molecule has 1 aromatic heterocycles.